The summed E-state index contributed by atoms with van der Waals surface area (Å²) in [6.45, 7) is 3.96. The molecule has 2 atom stereocenters. The highest BCUT2D eigenvalue weighted by Gasteiger charge is 2.22. The maximum absolute atomic E-state index is 9.02. The fraction of sp³-hybridized carbons (Fsp3) is 0.294. The molecule has 1 aromatic carbocycles. The topological polar surface area (TPSA) is 71.9 Å². The van der Waals surface area contributed by atoms with Crippen LogP contribution in [0.5, 0.6) is 5.75 Å². The second kappa shape index (κ2) is 6.87. The van der Waals surface area contributed by atoms with Crippen LogP contribution >= 0.6 is 0 Å². The Bertz CT molecular complexity index is 634. The standard InChI is InChI=1S/C17H19N3O/c1-3-14(19)17(15-6-4-5-9-20-15)21-16-10-13(11-18)8-7-12(16)2/h4-10,14,17H,3,19H2,1-2H3. The molecule has 0 fully saturated rings. The van der Waals surface area contributed by atoms with Crippen molar-refractivity contribution in [1.82, 2.24) is 4.98 Å². The fourth-order valence-electron chi connectivity index (χ4n) is 2.06. The molecule has 2 rings (SSSR count). The minimum Gasteiger partial charge on any atom is -0.482 e. The molecule has 4 heteroatoms. The van der Waals surface area contributed by atoms with Crippen LogP contribution in [0.1, 0.15) is 36.3 Å². The van der Waals surface area contributed by atoms with Crippen LogP contribution in [-0.2, 0) is 0 Å². The third-order valence-electron chi connectivity index (χ3n) is 3.41. The van der Waals surface area contributed by atoms with Crippen LogP contribution in [0.3, 0.4) is 0 Å². The van der Waals surface area contributed by atoms with Gasteiger partial charge in [-0.25, -0.2) is 0 Å². The predicted octanol–water partition coefficient (Wildman–Crippen LogP) is 3.12. The molecule has 2 aromatic rings. The van der Waals surface area contributed by atoms with E-state index < -0.39 is 0 Å². The second-order valence-corrected chi connectivity index (χ2v) is 4.96. The zero-order valence-electron chi connectivity index (χ0n) is 12.3. The van der Waals surface area contributed by atoms with Gasteiger partial charge in [-0.1, -0.05) is 19.1 Å². The van der Waals surface area contributed by atoms with Gasteiger partial charge in [-0.3, -0.25) is 4.98 Å². The van der Waals surface area contributed by atoms with Crippen LogP contribution in [0.25, 0.3) is 0 Å². The average Bonchev–Trinajstić information content (AvgIpc) is 2.54. The SMILES string of the molecule is CCC(N)C(Oc1cc(C#N)ccc1C)c1ccccn1. The highest BCUT2D eigenvalue weighted by Crippen LogP contribution is 2.27. The summed E-state index contributed by atoms with van der Waals surface area (Å²) >= 11 is 0. The third kappa shape index (κ3) is 3.59. The van der Waals surface area contributed by atoms with Crippen molar-refractivity contribution < 1.29 is 4.74 Å². The van der Waals surface area contributed by atoms with E-state index in [0.717, 1.165) is 17.7 Å². The van der Waals surface area contributed by atoms with Gasteiger partial charge in [0.1, 0.15) is 5.75 Å². The van der Waals surface area contributed by atoms with Crippen molar-refractivity contribution in [2.45, 2.75) is 32.4 Å². The Labute approximate surface area is 125 Å². The highest BCUT2D eigenvalue weighted by molar-refractivity contribution is 5.42. The molecular formula is C17H19N3O. The Morgan fingerprint density at radius 3 is 2.76 bits per heavy atom. The Kier molecular flexibility index (Phi) is 4.91. The zero-order valence-corrected chi connectivity index (χ0v) is 12.3. The van der Waals surface area contributed by atoms with Gasteiger partial charge in [0.2, 0.25) is 0 Å². The summed E-state index contributed by atoms with van der Waals surface area (Å²) in [4.78, 5) is 4.35. The molecule has 0 spiro atoms. The molecule has 0 aliphatic heterocycles. The molecular weight excluding hydrogens is 262 g/mol. The van der Waals surface area contributed by atoms with E-state index in [4.69, 9.17) is 15.7 Å². The molecule has 0 aliphatic rings. The minimum absolute atomic E-state index is 0.162. The van der Waals surface area contributed by atoms with E-state index in [-0.39, 0.29) is 12.1 Å². The lowest BCUT2D eigenvalue weighted by Gasteiger charge is -2.24. The van der Waals surface area contributed by atoms with Gasteiger partial charge in [0, 0.05) is 12.2 Å². The van der Waals surface area contributed by atoms with Gasteiger partial charge in [0.25, 0.3) is 0 Å². The van der Waals surface area contributed by atoms with Crippen molar-refractivity contribution in [2.24, 2.45) is 5.73 Å². The Hall–Kier alpha value is -2.38. The second-order valence-electron chi connectivity index (χ2n) is 4.96. The number of hydrogen-bond acceptors (Lipinski definition) is 4. The lowest BCUT2D eigenvalue weighted by Crippen LogP contribution is -2.32. The number of nitrogens with zero attached hydrogens (tertiary/aromatic N) is 2. The van der Waals surface area contributed by atoms with E-state index in [1.54, 1.807) is 18.3 Å². The normalized spacial score (nSPS) is 13.2. The average molecular weight is 281 g/mol. The number of ether oxygens (including phenoxy) is 1. The quantitative estimate of drug-likeness (QED) is 0.914. The molecule has 0 amide bonds. The van der Waals surface area contributed by atoms with Crippen molar-refractivity contribution in [3.8, 4) is 11.8 Å². The van der Waals surface area contributed by atoms with Gasteiger partial charge in [-0.2, -0.15) is 5.26 Å². The molecule has 0 radical (unpaired) electrons. The number of rotatable bonds is 5. The number of nitrogens with two attached hydrogens (primary N) is 1. The molecule has 0 bridgehead atoms. The molecule has 1 aromatic heterocycles. The number of hydrogen-bond donors (Lipinski definition) is 1. The predicted molar refractivity (Wildman–Crippen MR) is 81.8 cm³/mol. The molecule has 4 nitrogen and oxygen atoms in total. The fourth-order valence-corrected chi connectivity index (χ4v) is 2.06. The summed E-state index contributed by atoms with van der Waals surface area (Å²) in [7, 11) is 0. The number of aromatic nitrogens is 1. The van der Waals surface area contributed by atoms with Crippen LogP contribution in [0.2, 0.25) is 0 Å². The molecule has 2 N–H and O–H groups in total. The summed E-state index contributed by atoms with van der Waals surface area (Å²) < 4.78 is 6.09. The molecule has 108 valence electrons. The monoisotopic (exact) mass is 281 g/mol. The van der Waals surface area contributed by atoms with Crippen molar-refractivity contribution >= 4 is 0 Å². The van der Waals surface area contributed by atoms with E-state index in [1.807, 2.05) is 38.1 Å². The van der Waals surface area contributed by atoms with Gasteiger partial charge in [0.05, 0.1) is 17.3 Å². The minimum atomic E-state index is -0.330. The maximum atomic E-state index is 9.02. The van der Waals surface area contributed by atoms with E-state index in [2.05, 4.69) is 11.1 Å². The first-order valence-corrected chi connectivity index (χ1v) is 6.99. The zero-order chi connectivity index (χ0) is 15.2. The Balaban J connectivity index is 2.34. The van der Waals surface area contributed by atoms with Gasteiger partial charge in [-0.15, -0.1) is 0 Å². The third-order valence-corrected chi connectivity index (χ3v) is 3.41. The lowest BCUT2D eigenvalue weighted by atomic mass is 10.0. The summed E-state index contributed by atoms with van der Waals surface area (Å²) in [6.07, 6.45) is 2.18. The van der Waals surface area contributed by atoms with Crippen molar-refractivity contribution in [2.75, 3.05) is 0 Å². The van der Waals surface area contributed by atoms with Gasteiger partial charge in [0.15, 0.2) is 6.10 Å². The van der Waals surface area contributed by atoms with Crippen LogP contribution < -0.4 is 10.5 Å². The maximum Gasteiger partial charge on any atom is 0.155 e. The smallest absolute Gasteiger partial charge is 0.155 e. The summed E-state index contributed by atoms with van der Waals surface area (Å²) in [6, 6.07) is 13.0. The van der Waals surface area contributed by atoms with Crippen LogP contribution in [0, 0.1) is 18.3 Å². The number of nitriles is 1. The first kappa shape index (κ1) is 15.0. The number of aryl methyl sites for hydroxylation is 1. The van der Waals surface area contributed by atoms with E-state index in [0.29, 0.717) is 11.3 Å². The Morgan fingerprint density at radius 2 is 2.14 bits per heavy atom. The van der Waals surface area contributed by atoms with Crippen LogP contribution in [-0.4, -0.2) is 11.0 Å². The summed E-state index contributed by atoms with van der Waals surface area (Å²) in [5.41, 5.74) is 8.53. The summed E-state index contributed by atoms with van der Waals surface area (Å²) in [5, 5.41) is 9.02. The molecule has 2 unspecified atom stereocenters. The van der Waals surface area contributed by atoms with Crippen LogP contribution in [0.15, 0.2) is 42.6 Å². The number of pyridine rings is 1. The molecule has 1 heterocycles. The molecule has 0 saturated carbocycles. The highest BCUT2D eigenvalue weighted by atomic mass is 16.5. The van der Waals surface area contributed by atoms with Gasteiger partial charge in [-0.05, 0) is 43.2 Å². The Morgan fingerprint density at radius 1 is 1.33 bits per heavy atom. The van der Waals surface area contributed by atoms with E-state index >= 15 is 0 Å². The largest absolute Gasteiger partial charge is 0.482 e. The molecule has 0 saturated heterocycles. The first-order valence-electron chi connectivity index (χ1n) is 6.99. The van der Waals surface area contributed by atoms with Crippen molar-refractivity contribution in [1.29, 1.82) is 5.26 Å². The van der Waals surface area contributed by atoms with Gasteiger partial charge < -0.3 is 10.5 Å². The number of benzene rings is 1. The molecule has 21 heavy (non-hydrogen) atoms. The van der Waals surface area contributed by atoms with Crippen LogP contribution in [0.4, 0.5) is 0 Å². The lowest BCUT2D eigenvalue weighted by molar-refractivity contribution is 0.165. The summed E-state index contributed by atoms with van der Waals surface area (Å²) in [5.74, 6) is 0.675. The van der Waals surface area contributed by atoms with Crippen molar-refractivity contribution in [3.63, 3.8) is 0 Å². The van der Waals surface area contributed by atoms with E-state index in [1.165, 1.54) is 0 Å². The first-order chi connectivity index (χ1) is 10.2. The van der Waals surface area contributed by atoms with Gasteiger partial charge >= 0.3 is 0 Å². The van der Waals surface area contributed by atoms with E-state index in [9.17, 15) is 0 Å². The van der Waals surface area contributed by atoms with Crippen molar-refractivity contribution in [3.05, 3.63) is 59.4 Å². The molecule has 0 aliphatic carbocycles.